The van der Waals surface area contributed by atoms with Gasteiger partial charge in [0, 0.05) is 37.5 Å². The summed E-state index contributed by atoms with van der Waals surface area (Å²) >= 11 is 0. The van der Waals surface area contributed by atoms with Gasteiger partial charge in [-0.1, -0.05) is 13.8 Å². The Hall–Kier alpha value is -0.870. The van der Waals surface area contributed by atoms with Crippen LogP contribution in [0.2, 0.25) is 0 Å². The van der Waals surface area contributed by atoms with Crippen LogP contribution in [0.5, 0.6) is 0 Å². The van der Waals surface area contributed by atoms with E-state index in [9.17, 15) is 0 Å². The third-order valence-electron chi connectivity index (χ3n) is 2.76. The Morgan fingerprint density at radius 2 is 2.50 bits per heavy atom. The summed E-state index contributed by atoms with van der Waals surface area (Å²) in [5, 5.41) is 7.83. The van der Waals surface area contributed by atoms with Crippen molar-refractivity contribution in [3.8, 4) is 0 Å². The first-order valence-corrected chi connectivity index (χ1v) is 6.06. The number of hydrogen-bond donors (Lipinski definition) is 1. The quantitative estimate of drug-likeness (QED) is 0.820. The van der Waals surface area contributed by atoms with Gasteiger partial charge in [0.2, 0.25) is 0 Å². The van der Waals surface area contributed by atoms with Crippen molar-refractivity contribution in [3.63, 3.8) is 0 Å². The molecule has 1 atom stereocenters. The molecule has 2 heterocycles. The zero-order valence-corrected chi connectivity index (χ0v) is 10.1. The number of ether oxygens (including phenoxy) is 1. The molecule has 16 heavy (non-hydrogen) atoms. The predicted molar refractivity (Wildman–Crippen MR) is 63.1 cm³/mol. The lowest BCUT2D eigenvalue weighted by atomic mass is 10.2. The smallest absolute Gasteiger partial charge is 0.0620 e. The van der Waals surface area contributed by atoms with Crippen molar-refractivity contribution >= 4 is 0 Å². The number of nitrogens with zero attached hydrogens (tertiary/aromatic N) is 2. The molecule has 4 nitrogen and oxygen atoms in total. The standard InChI is InChI=1S/C12H21N3O/c1-10(2)7-15-8-11(6-14-15)5-13-12-3-4-16-9-12/h6,8,10,12-13H,3-5,7,9H2,1-2H3. The van der Waals surface area contributed by atoms with E-state index in [-0.39, 0.29) is 0 Å². The molecule has 1 aliphatic rings. The Morgan fingerprint density at radius 1 is 1.62 bits per heavy atom. The third kappa shape index (κ3) is 3.32. The minimum Gasteiger partial charge on any atom is -0.380 e. The average Bonchev–Trinajstić information content (AvgIpc) is 2.84. The van der Waals surface area contributed by atoms with E-state index >= 15 is 0 Å². The highest BCUT2D eigenvalue weighted by Crippen LogP contribution is 2.06. The summed E-state index contributed by atoms with van der Waals surface area (Å²) in [5.74, 6) is 0.643. The molecule has 0 amide bonds. The number of nitrogens with one attached hydrogen (secondary N) is 1. The molecule has 0 aromatic carbocycles. The molecule has 1 aromatic heterocycles. The van der Waals surface area contributed by atoms with Crippen LogP contribution in [0.4, 0.5) is 0 Å². The maximum absolute atomic E-state index is 5.32. The summed E-state index contributed by atoms with van der Waals surface area (Å²) in [6, 6.07) is 0.522. The second-order valence-corrected chi connectivity index (χ2v) is 4.91. The summed E-state index contributed by atoms with van der Waals surface area (Å²) in [6.07, 6.45) is 5.20. The fraction of sp³-hybridized carbons (Fsp3) is 0.750. The molecule has 1 aromatic rings. The molecule has 0 radical (unpaired) electrons. The molecule has 1 N–H and O–H groups in total. The molecule has 0 spiro atoms. The van der Waals surface area contributed by atoms with Crippen LogP contribution in [-0.2, 0) is 17.8 Å². The van der Waals surface area contributed by atoms with Crippen molar-refractivity contribution in [3.05, 3.63) is 18.0 Å². The molecule has 0 saturated carbocycles. The molecule has 1 fully saturated rings. The topological polar surface area (TPSA) is 39.1 Å². The predicted octanol–water partition coefficient (Wildman–Crippen LogP) is 1.42. The Balaban J connectivity index is 1.78. The third-order valence-corrected chi connectivity index (χ3v) is 2.76. The van der Waals surface area contributed by atoms with Crippen molar-refractivity contribution in [2.24, 2.45) is 5.92 Å². The van der Waals surface area contributed by atoms with Crippen molar-refractivity contribution in [1.82, 2.24) is 15.1 Å². The molecule has 4 heteroatoms. The molecule has 90 valence electrons. The summed E-state index contributed by atoms with van der Waals surface area (Å²) in [7, 11) is 0. The highest BCUT2D eigenvalue weighted by atomic mass is 16.5. The van der Waals surface area contributed by atoms with Crippen LogP contribution in [-0.4, -0.2) is 29.0 Å². The normalized spacial score (nSPS) is 20.8. The van der Waals surface area contributed by atoms with E-state index in [2.05, 4.69) is 30.5 Å². The van der Waals surface area contributed by atoms with Crippen molar-refractivity contribution in [2.75, 3.05) is 13.2 Å². The van der Waals surface area contributed by atoms with Gasteiger partial charge in [-0.05, 0) is 12.3 Å². The van der Waals surface area contributed by atoms with Crippen LogP contribution in [0.1, 0.15) is 25.8 Å². The molecule has 1 aliphatic heterocycles. The van der Waals surface area contributed by atoms with E-state index in [1.807, 2.05) is 10.9 Å². The molecule has 0 aliphatic carbocycles. The second kappa shape index (κ2) is 5.46. The van der Waals surface area contributed by atoms with Gasteiger partial charge in [0.15, 0.2) is 0 Å². The van der Waals surface area contributed by atoms with Gasteiger partial charge in [0.05, 0.1) is 12.8 Å². The maximum atomic E-state index is 5.32. The van der Waals surface area contributed by atoms with E-state index < -0.39 is 0 Å². The molecule has 0 bridgehead atoms. The van der Waals surface area contributed by atoms with E-state index in [1.54, 1.807) is 0 Å². The summed E-state index contributed by atoms with van der Waals surface area (Å²) in [4.78, 5) is 0. The van der Waals surface area contributed by atoms with Crippen molar-refractivity contribution in [1.29, 1.82) is 0 Å². The monoisotopic (exact) mass is 223 g/mol. The fourth-order valence-electron chi connectivity index (χ4n) is 1.93. The molecule has 1 unspecified atom stereocenters. The van der Waals surface area contributed by atoms with Crippen LogP contribution in [0.15, 0.2) is 12.4 Å². The Kier molecular flexibility index (Phi) is 3.96. The van der Waals surface area contributed by atoms with Gasteiger partial charge < -0.3 is 10.1 Å². The zero-order chi connectivity index (χ0) is 11.4. The average molecular weight is 223 g/mol. The van der Waals surface area contributed by atoms with Crippen molar-refractivity contribution < 1.29 is 4.74 Å². The van der Waals surface area contributed by atoms with Crippen LogP contribution in [0.3, 0.4) is 0 Å². The Morgan fingerprint density at radius 3 is 3.19 bits per heavy atom. The fourth-order valence-corrected chi connectivity index (χ4v) is 1.93. The second-order valence-electron chi connectivity index (χ2n) is 4.91. The van der Waals surface area contributed by atoms with Gasteiger partial charge in [0.1, 0.15) is 0 Å². The van der Waals surface area contributed by atoms with Gasteiger partial charge in [0.25, 0.3) is 0 Å². The van der Waals surface area contributed by atoms with Gasteiger partial charge in [-0.15, -0.1) is 0 Å². The number of hydrogen-bond acceptors (Lipinski definition) is 3. The van der Waals surface area contributed by atoms with Crippen LogP contribution in [0.25, 0.3) is 0 Å². The molecule has 1 saturated heterocycles. The summed E-state index contributed by atoms with van der Waals surface area (Å²) < 4.78 is 7.34. The van der Waals surface area contributed by atoms with Gasteiger partial charge >= 0.3 is 0 Å². The molecule has 2 rings (SSSR count). The van der Waals surface area contributed by atoms with Crippen molar-refractivity contribution in [2.45, 2.75) is 39.4 Å². The highest BCUT2D eigenvalue weighted by Gasteiger charge is 2.14. The lowest BCUT2D eigenvalue weighted by Gasteiger charge is -2.08. The first-order valence-electron chi connectivity index (χ1n) is 6.06. The van der Waals surface area contributed by atoms with Gasteiger partial charge in [-0.2, -0.15) is 5.10 Å². The van der Waals surface area contributed by atoms with Gasteiger partial charge in [-0.25, -0.2) is 0 Å². The lowest BCUT2D eigenvalue weighted by Crippen LogP contribution is -2.28. The summed E-state index contributed by atoms with van der Waals surface area (Å²) in [5.41, 5.74) is 1.26. The largest absolute Gasteiger partial charge is 0.380 e. The minimum atomic E-state index is 0.522. The van der Waals surface area contributed by atoms with E-state index in [0.717, 1.165) is 32.7 Å². The van der Waals surface area contributed by atoms with E-state index in [0.29, 0.717) is 12.0 Å². The lowest BCUT2D eigenvalue weighted by molar-refractivity contribution is 0.190. The van der Waals surface area contributed by atoms with Crippen LogP contribution >= 0.6 is 0 Å². The SMILES string of the molecule is CC(C)Cn1cc(CNC2CCOC2)cn1. The van der Waals surface area contributed by atoms with Crippen LogP contribution in [0, 0.1) is 5.92 Å². The highest BCUT2D eigenvalue weighted by molar-refractivity contribution is 5.03. The minimum absolute atomic E-state index is 0.522. The Labute approximate surface area is 97.0 Å². The van der Waals surface area contributed by atoms with E-state index in [4.69, 9.17) is 4.74 Å². The van der Waals surface area contributed by atoms with E-state index in [1.165, 1.54) is 5.56 Å². The van der Waals surface area contributed by atoms with Gasteiger partial charge in [-0.3, -0.25) is 4.68 Å². The first kappa shape index (κ1) is 11.6. The first-order chi connectivity index (χ1) is 7.74. The maximum Gasteiger partial charge on any atom is 0.0620 e. The Bertz CT molecular complexity index is 316. The van der Waals surface area contributed by atoms with Crippen LogP contribution < -0.4 is 5.32 Å². The number of rotatable bonds is 5. The zero-order valence-electron chi connectivity index (χ0n) is 10.1. The molecular weight excluding hydrogens is 202 g/mol. The summed E-state index contributed by atoms with van der Waals surface area (Å²) in [6.45, 7) is 8.04. The number of aromatic nitrogens is 2. The molecular formula is C12H21N3O.